The van der Waals surface area contributed by atoms with Crippen LogP contribution in [0.5, 0.6) is 5.75 Å². The van der Waals surface area contributed by atoms with Gasteiger partial charge in [0.1, 0.15) is 12.4 Å². The highest BCUT2D eigenvalue weighted by molar-refractivity contribution is 6.02. The van der Waals surface area contributed by atoms with Gasteiger partial charge in [-0.15, -0.1) is 6.42 Å². The Morgan fingerprint density at radius 3 is 3.00 bits per heavy atom. The molecule has 0 aliphatic heterocycles. The van der Waals surface area contributed by atoms with Crippen molar-refractivity contribution in [2.45, 2.75) is 32.6 Å². The molecular formula is C23H24N2O2. The number of nitrogens with one attached hydrogen (secondary N) is 1. The summed E-state index contributed by atoms with van der Waals surface area (Å²) in [4.78, 5) is 12.6. The van der Waals surface area contributed by atoms with Crippen LogP contribution < -0.4 is 10.2 Å². The molecule has 2 aromatic rings. The number of benzene rings is 2. The largest absolute Gasteiger partial charge is 0.480 e. The van der Waals surface area contributed by atoms with Gasteiger partial charge in [0.05, 0.1) is 6.21 Å². The van der Waals surface area contributed by atoms with Crippen LogP contribution in [-0.4, -0.2) is 18.7 Å². The summed E-state index contributed by atoms with van der Waals surface area (Å²) in [7, 11) is 0. The number of terminal acetylenes is 1. The fourth-order valence-corrected chi connectivity index (χ4v) is 4.73. The minimum absolute atomic E-state index is 0.0342. The molecule has 0 saturated heterocycles. The van der Waals surface area contributed by atoms with Crippen molar-refractivity contribution >= 4 is 22.9 Å². The van der Waals surface area contributed by atoms with Crippen molar-refractivity contribution in [3.05, 3.63) is 42.0 Å². The SMILES string of the molecule is C#CCOc1ccc2ccccc2c1/C=N\NC(=O)[C@@H]1[C@H]2CCCC[C@]21C. The van der Waals surface area contributed by atoms with Crippen molar-refractivity contribution in [3.8, 4) is 18.1 Å². The molecule has 2 fully saturated rings. The van der Waals surface area contributed by atoms with E-state index in [9.17, 15) is 4.79 Å². The molecule has 0 bridgehead atoms. The lowest BCUT2D eigenvalue weighted by molar-refractivity contribution is -0.123. The van der Waals surface area contributed by atoms with E-state index in [4.69, 9.17) is 11.2 Å². The molecule has 27 heavy (non-hydrogen) atoms. The third-order valence-corrected chi connectivity index (χ3v) is 6.22. The molecule has 2 aliphatic rings. The number of hydrogen-bond acceptors (Lipinski definition) is 3. The molecule has 2 aromatic carbocycles. The van der Waals surface area contributed by atoms with Gasteiger partial charge in [-0.2, -0.15) is 5.10 Å². The fourth-order valence-electron chi connectivity index (χ4n) is 4.73. The highest BCUT2D eigenvalue weighted by Crippen LogP contribution is 2.66. The number of hydrogen-bond donors (Lipinski definition) is 1. The number of hydrazone groups is 1. The van der Waals surface area contributed by atoms with E-state index in [0.29, 0.717) is 11.7 Å². The molecule has 0 unspecified atom stereocenters. The average molecular weight is 360 g/mol. The summed E-state index contributed by atoms with van der Waals surface area (Å²) in [5.74, 6) is 3.80. The first-order chi connectivity index (χ1) is 13.1. The number of fused-ring (bicyclic) bond motifs is 2. The molecule has 3 atom stereocenters. The van der Waals surface area contributed by atoms with E-state index in [1.807, 2.05) is 36.4 Å². The van der Waals surface area contributed by atoms with Crippen LogP contribution in [0, 0.1) is 29.6 Å². The molecule has 4 heteroatoms. The molecule has 2 aliphatic carbocycles. The smallest absolute Gasteiger partial charge is 0.244 e. The maximum Gasteiger partial charge on any atom is 0.244 e. The van der Waals surface area contributed by atoms with Crippen LogP contribution in [-0.2, 0) is 4.79 Å². The van der Waals surface area contributed by atoms with E-state index in [0.717, 1.165) is 29.2 Å². The van der Waals surface area contributed by atoms with Gasteiger partial charge in [-0.25, -0.2) is 5.43 Å². The highest BCUT2D eigenvalue weighted by Gasteiger charge is 2.64. The zero-order chi connectivity index (χ0) is 18.9. The second-order valence-electron chi connectivity index (χ2n) is 7.76. The first-order valence-corrected chi connectivity index (χ1v) is 9.56. The third-order valence-electron chi connectivity index (χ3n) is 6.22. The van der Waals surface area contributed by atoms with Crippen LogP contribution in [0.2, 0.25) is 0 Å². The quantitative estimate of drug-likeness (QED) is 0.495. The van der Waals surface area contributed by atoms with Crippen molar-refractivity contribution < 1.29 is 9.53 Å². The van der Waals surface area contributed by atoms with Crippen LogP contribution >= 0.6 is 0 Å². The molecule has 4 rings (SSSR count). The Labute approximate surface area is 160 Å². The predicted octanol–water partition coefficient (Wildman–Crippen LogP) is 4.13. The zero-order valence-corrected chi connectivity index (χ0v) is 15.6. The summed E-state index contributed by atoms with van der Waals surface area (Å²) in [6, 6.07) is 11.9. The molecule has 1 N–H and O–H groups in total. The van der Waals surface area contributed by atoms with Crippen LogP contribution in [0.3, 0.4) is 0 Å². The summed E-state index contributed by atoms with van der Waals surface area (Å²) in [5, 5.41) is 6.35. The van der Waals surface area contributed by atoms with Gasteiger partial charge in [-0.3, -0.25) is 4.79 Å². The normalized spacial score (nSPS) is 26.4. The van der Waals surface area contributed by atoms with E-state index in [1.165, 1.54) is 12.8 Å². The van der Waals surface area contributed by atoms with Gasteiger partial charge >= 0.3 is 0 Å². The minimum Gasteiger partial charge on any atom is -0.480 e. The van der Waals surface area contributed by atoms with Crippen LogP contribution in [0.1, 0.15) is 38.2 Å². The number of nitrogens with zero attached hydrogens (tertiary/aromatic N) is 1. The highest BCUT2D eigenvalue weighted by atomic mass is 16.5. The third kappa shape index (κ3) is 3.19. The number of carbonyl (C=O) groups is 1. The first kappa shape index (κ1) is 17.6. The molecule has 0 spiro atoms. The fraction of sp³-hybridized carbons (Fsp3) is 0.391. The Balaban J connectivity index is 1.54. The van der Waals surface area contributed by atoms with Crippen LogP contribution in [0.25, 0.3) is 10.8 Å². The van der Waals surface area contributed by atoms with E-state index in [2.05, 4.69) is 23.4 Å². The number of ether oxygens (including phenoxy) is 1. The van der Waals surface area contributed by atoms with Gasteiger partial charge < -0.3 is 4.74 Å². The molecule has 1 amide bonds. The molecule has 4 nitrogen and oxygen atoms in total. The average Bonchev–Trinajstić information content (AvgIpc) is 3.32. The van der Waals surface area contributed by atoms with E-state index < -0.39 is 0 Å². The van der Waals surface area contributed by atoms with Gasteiger partial charge in [-0.05, 0) is 41.0 Å². The van der Waals surface area contributed by atoms with Crippen LogP contribution in [0.15, 0.2) is 41.5 Å². The lowest BCUT2D eigenvalue weighted by Crippen LogP contribution is -2.22. The Hall–Kier alpha value is -2.80. The van der Waals surface area contributed by atoms with Gasteiger partial charge in [0.2, 0.25) is 5.91 Å². The van der Waals surface area contributed by atoms with Crippen molar-refractivity contribution in [3.63, 3.8) is 0 Å². The minimum atomic E-state index is 0.0342. The van der Waals surface area contributed by atoms with Crippen molar-refractivity contribution in [1.82, 2.24) is 5.43 Å². The molecule has 0 aromatic heterocycles. The molecule has 0 heterocycles. The Morgan fingerprint density at radius 1 is 1.37 bits per heavy atom. The monoisotopic (exact) mass is 360 g/mol. The lowest BCUT2D eigenvalue weighted by Gasteiger charge is -2.15. The maximum atomic E-state index is 12.6. The van der Waals surface area contributed by atoms with Gasteiger partial charge in [0.25, 0.3) is 0 Å². The van der Waals surface area contributed by atoms with Crippen molar-refractivity contribution in [2.24, 2.45) is 22.4 Å². The summed E-state index contributed by atoms with van der Waals surface area (Å²) in [6.45, 7) is 2.43. The lowest BCUT2D eigenvalue weighted by atomic mass is 9.90. The molecule has 138 valence electrons. The topological polar surface area (TPSA) is 50.7 Å². The van der Waals surface area contributed by atoms with Gasteiger partial charge in [0, 0.05) is 11.5 Å². The molecule has 2 saturated carbocycles. The summed E-state index contributed by atoms with van der Waals surface area (Å²) < 4.78 is 5.66. The maximum absolute atomic E-state index is 12.6. The first-order valence-electron chi connectivity index (χ1n) is 9.56. The van der Waals surface area contributed by atoms with Gasteiger partial charge in [0.15, 0.2) is 0 Å². The van der Waals surface area contributed by atoms with E-state index >= 15 is 0 Å². The standard InChI is InChI=1S/C23H24N2O2/c1-3-14-27-20-12-11-16-8-4-5-9-17(16)18(20)15-24-25-22(26)21-19-10-6-7-13-23(19,21)2/h1,4-5,8-9,11-12,15,19,21H,6-7,10,13-14H2,2H3,(H,25,26)/b24-15-/t19-,21+,23-/m1/s1. The van der Waals surface area contributed by atoms with Crippen molar-refractivity contribution in [1.29, 1.82) is 0 Å². The Kier molecular flexibility index (Phi) is 4.61. The number of carbonyl (C=O) groups excluding carboxylic acids is 1. The van der Waals surface area contributed by atoms with E-state index in [-0.39, 0.29) is 23.8 Å². The second-order valence-corrected chi connectivity index (χ2v) is 7.76. The molecule has 0 radical (unpaired) electrons. The van der Waals surface area contributed by atoms with Crippen LogP contribution in [0.4, 0.5) is 0 Å². The second kappa shape index (κ2) is 7.08. The Morgan fingerprint density at radius 2 is 2.22 bits per heavy atom. The zero-order valence-electron chi connectivity index (χ0n) is 15.6. The summed E-state index contributed by atoms with van der Waals surface area (Å²) in [6.07, 6.45) is 11.8. The Bertz CT molecular complexity index is 943. The van der Waals surface area contributed by atoms with Crippen molar-refractivity contribution in [2.75, 3.05) is 6.61 Å². The summed E-state index contributed by atoms with van der Waals surface area (Å²) >= 11 is 0. The number of amides is 1. The summed E-state index contributed by atoms with van der Waals surface area (Å²) in [5.41, 5.74) is 3.76. The molecular weight excluding hydrogens is 336 g/mol. The predicted molar refractivity (Wildman–Crippen MR) is 108 cm³/mol. The number of rotatable bonds is 5. The van der Waals surface area contributed by atoms with E-state index in [1.54, 1.807) is 6.21 Å². The van der Waals surface area contributed by atoms with Gasteiger partial charge in [-0.1, -0.05) is 56.0 Å².